The van der Waals surface area contributed by atoms with Crippen LogP contribution in [-0.2, 0) is 6.42 Å². The van der Waals surface area contributed by atoms with Crippen LogP contribution in [0.4, 0.5) is 15.6 Å². The van der Waals surface area contributed by atoms with Crippen LogP contribution >= 0.6 is 23.1 Å². The number of nitrogens with zero attached hydrogens (tertiary/aromatic N) is 2. The number of rotatable bonds is 10. The minimum absolute atomic E-state index is 0.0409. The number of H-pyrrole nitrogens is 1. The van der Waals surface area contributed by atoms with Crippen molar-refractivity contribution in [1.82, 2.24) is 15.0 Å². The zero-order chi connectivity index (χ0) is 26.4. The van der Waals surface area contributed by atoms with E-state index >= 15 is 0 Å². The standard InChI is InChI=1S/C25H23N5O5S2/c1-14-7-8-18(17(11-14)21(31)16-5-3-4-6-20(16)35-2)28-23(34)30-25-26-12-15(37-25)9-10-36-24-27-13-19(29-24)22(32)33/h3-8,11-13H,9-10H2,1-2H3,(H,27,29)(H,32,33)(H2,26,28,30,34). The zero-order valence-electron chi connectivity index (χ0n) is 19.9. The molecule has 0 spiro atoms. The Morgan fingerprint density at radius 3 is 2.65 bits per heavy atom. The lowest BCUT2D eigenvalue weighted by molar-refractivity contribution is 0.0690. The fraction of sp³-hybridized carbons (Fsp3) is 0.160. The van der Waals surface area contributed by atoms with E-state index in [0.717, 1.165) is 10.4 Å². The van der Waals surface area contributed by atoms with Crippen molar-refractivity contribution < 1.29 is 24.2 Å². The molecular weight excluding hydrogens is 514 g/mol. The summed E-state index contributed by atoms with van der Waals surface area (Å²) in [6, 6.07) is 11.6. The highest BCUT2D eigenvalue weighted by Gasteiger charge is 2.19. The molecule has 190 valence electrons. The molecular formula is C25H23N5O5S2. The van der Waals surface area contributed by atoms with Gasteiger partial charge in [-0.25, -0.2) is 19.6 Å². The number of carbonyl (C=O) groups is 3. The first-order valence-corrected chi connectivity index (χ1v) is 12.9. The van der Waals surface area contributed by atoms with Crippen molar-refractivity contribution in [2.24, 2.45) is 0 Å². The summed E-state index contributed by atoms with van der Waals surface area (Å²) < 4.78 is 5.33. The molecule has 2 heterocycles. The summed E-state index contributed by atoms with van der Waals surface area (Å²) in [5, 5.41) is 15.3. The van der Waals surface area contributed by atoms with Gasteiger partial charge in [-0.3, -0.25) is 10.1 Å². The van der Waals surface area contributed by atoms with Crippen molar-refractivity contribution >= 4 is 51.7 Å². The lowest BCUT2D eigenvalue weighted by atomic mass is 9.99. The number of aromatic nitrogens is 3. The number of ether oxygens (including phenoxy) is 1. The number of carboxylic acids is 1. The molecule has 2 aromatic carbocycles. The van der Waals surface area contributed by atoms with Gasteiger partial charge in [0.25, 0.3) is 0 Å². The number of anilines is 2. The third kappa shape index (κ3) is 6.54. The minimum Gasteiger partial charge on any atom is -0.496 e. The van der Waals surface area contributed by atoms with Gasteiger partial charge in [0.1, 0.15) is 11.4 Å². The van der Waals surface area contributed by atoms with Crippen LogP contribution in [0.3, 0.4) is 0 Å². The number of nitrogens with one attached hydrogen (secondary N) is 3. The molecule has 0 unspecified atom stereocenters. The van der Waals surface area contributed by atoms with Crippen LogP contribution in [0.5, 0.6) is 5.75 Å². The van der Waals surface area contributed by atoms with Crippen LogP contribution < -0.4 is 15.4 Å². The number of benzene rings is 2. The molecule has 4 N–H and O–H groups in total. The Hall–Kier alpha value is -4.16. The largest absolute Gasteiger partial charge is 0.496 e. The third-order valence-corrected chi connectivity index (χ3v) is 7.03. The number of ketones is 1. The monoisotopic (exact) mass is 537 g/mol. The molecule has 12 heteroatoms. The Labute approximate surface area is 220 Å². The maximum absolute atomic E-state index is 13.3. The normalized spacial score (nSPS) is 10.6. The predicted molar refractivity (Wildman–Crippen MR) is 142 cm³/mol. The molecule has 0 bridgehead atoms. The molecule has 10 nitrogen and oxygen atoms in total. The molecule has 2 amide bonds. The molecule has 0 fully saturated rings. The highest BCUT2D eigenvalue weighted by atomic mass is 32.2. The predicted octanol–water partition coefficient (Wildman–Crippen LogP) is 5.09. The van der Waals surface area contributed by atoms with Gasteiger partial charge < -0.3 is 20.1 Å². The Bertz CT molecular complexity index is 1450. The molecule has 0 aliphatic rings. The van der Waals surface area contributed by atoms with Gasteiger partial charge in [0, 0.05) is 22.4 Å². The van der Waals surface area contributed by atoms with E-state index in [1.54, 1.807) is 42.6 Å². The van der Waals surface area contributed by atoms with E-state index in [4.69, 9.17) is 9.84 Å². The second-order valence-corrected chi connectivity index (χ2v) is 9.99. The second kappa shape index (κ2) is 11.7. The van der Waals surface area contributed by atoms with E-state index in [2.05, 4.69) is 25.6 Å². The van der Waals surface area contributed by atoms with Gasteiger partial charge >= 0.3 is 12.0 Å². The van der Waals surface area contributed by atoms with Crippen molar-refractivity contribution in [3.8, 4) is 5.75 Å². The number of thiazole rings is 1. The van der Waals surface area contributed by atoms with Crippen molar-refractivity contribution in [1.29, 1.82) is 0 Å². The number of para-hydroxylation sites is 1. The van der Waals surface area contributed by atoms with Crippen molar-refractivity contribution in [2.75, 3.05) is 23.5 Å². The van der Waals surface area contributed by atoms with Crippen LogP contribution in [-0.4, -0.2) is 50.7 Å². The number of hydrogen-bond acceptors (Lipinski definition) is 8. The summed E-state index contributed by atoms with van der Waals surface area (Å²) in [4.78, 5) is 48.9. The first-order chi connectivity index (χ1) is 17.8. The average molecular weight is 538 g/mol. The highest BCUT2D eigenvalue weighted by molar-refractivity contribution is 7.99. The molecule has 2 aromatic heterocycles. The topological polar surface area (TPSA) is 146 Å². The highest BCUT2D eigenvalue weighted by Crippen LogP contribution is 2.27. The molecule has 4 rings (SSSR count). The summed E-state index contributed by atoms with van der Waals surface area (Å²) in [6.07, 6.45) is 3.61. The lowest BCUT2D eigenvalue weighted by Gasteiger charge is -2.13. The van der Waals surface area contributed by atoms with Gasteiger partial charge in [-0.2, -0.15) is 0 Å². The number of thioether (sulfide) groups is 1. The summed E-state index contributed by atoms with van der Waals surface area (Å²) in [5.74, 6) is -0.222. The van der Waals surface area contributed by atoms with E-state index in [1.165, 1.54) is 36.4 Å². The van der Waals surface area contributed by atoms with Crippen molar-refractivity contribution in [3.63, 3.8) is 0 Å². The van der Waals surface area contributed by atoms with Gasteiger partial charge in [0.05, 0.1) is 24.6 Å². The number of aryl methyl sites for hydroxylation is 2. The fourth-order valence-corrected chi connectivity index (χ4v) is 5.16. The van der Waals surface area contributed by atoms with Crippen LogP contribution in [0.25, 0.3) is 0 Å². The molecule has 4 aromatic rings. The second-order valence-electron chi connectivity index (χ2n) is 7.79. The SMILES string of the molecule is COc1ccccc1C(=O)c1cc(C)ccc1NC(=O)Nc1ncc(CCSc2ncc(C(=O)O)[nH]2)s1. The Morgan fingerprint density at radius 2 is 1.89 bits per heavy atom. The van der Waals surface area contributed by atoms with Crippen LogP contribution in [0.2, 0.25) is 0 Å². The van der Waals surface area contributed by atoms with Gasteiger partial charge in [0.2, 0.25) is 0 Å². The lowest BCUT2D eigenvalue weighted by Crippen LogP contribution is -2.21. The Balaban J connectivity index is 1.37. The molecule has 37 heavy (non-hydrogen) atoms. The van der Waals surface area contributed by atoms with Crippen molar-refractivity contribution in [3.05, 3.63) is 82.1 Å². The van der Waals surface area contributed by atoms with E-state index in [0.29, 0.717) is 45.0 Å². The summed E-state index contributed by atoms with van der Waals surface area (Å²) in [6.45, 7) is 1.87. The fourth-order valence-electron chi connectivity index (χ4n) is 3.40. The molecule has 0 aliphatic carbocycles. The number of methoxy groups -OCH3 is 1. The van der Waals surface area contributed by atoms with Crippen molar-refractivity contribution in [2.45, 2.75) is 18.5 Å². The number of aromatic carboxylic acids is 1. The molecule has 0 aliphatic heterocycles. The van der Waals surface area contributed by atoms with Crippen LogP contribution in [0.15, 0.2) is 60.0 Å². The number of aromatic amines is 1. The van der Waals surface area contributed by atoms with Crippen LogP contribution in [0, 0.1) is 6.92 Å². The first-order valence-electron chi connectivity index (χ1n) is 11.1. The summed E-state index contributed by atoms with van der Waals surface area (Å²) >= 11 is 2.72. The number of hydrogen-bond donors (Lipinski definition) is 4. The number of urea groups is 1. The molecule has 0 saturated heterocycles. The third-order valence-electron chi connectivity index (χ3n) is 5.16. The smallest absolute Gasteiger partial charge is 0.353 e. The number of carboxylic acid groups (broad SMARTS) is 1. The first kappa shape index (κ1) is 25.9. The summed E-state index contributed by atoms with van der Waals surface area (Å²) in [7, 11) is 1.50. The number of amides is 2. The van der Waals surface area contributed by atoms with Gasteiger partial charge in [-0.1, -0.05) is 35.5 Å². The van der Waals surface area contributed by atoms with Gasteiger partial charge in [-0.15, -0.1) is 11.3 Å². The van der Waals surface area contributed by atoms with Gasteiger partial charge in [0.15, 0.2) is 16.1 Å². The molecule has 0 atom stereocenters. The van der Waals surface area contributed by atoms with E-state index in [-0.39, 0.29) is 11.5 Å². The molecule has 0 radical (unpaired) electrons. The Morgan fingerprint density at radius 1 is 1.08 bits per heavy atom. The summed E-state index contributed by atoms with van der Waals surface area (Å²) in [5.41, 5.74) is 2.03. The zero-order valence-corrected chi connectivity index (χ0v) is 21.5. The van der Waals surface area contributed by atoms with E-state index in [1.807, 2.05) is 13.0 Å². The van der Waals surface area contributed by atoms with Crippen LogP contribution in [0.1, 0.15) is 36.9 Å². The van der Waals surface area contributed by atoms with E-state index < -0.39 is 12.0 Å². The van der Waals surface area contributed by atoms with Gasteiger partial charge in [-0.05, 0) is 37.6 Å². The Kier molecular flexibility index (Phi) is 8.21. The molecule has 0 saturated carbocycles. The minimum atomic E-state index is -1.06. The quantitative estimate of drug-likeness (QED) is 0.162. The average Bonchev–Trinajstić information content (AvgIpc) is 3.54. The van der Waals surface area contributed by atoms with E-state index in [9.17, 15) is 14.4 Å². The number of carbonyl (C=O) groups excluding carboxylic acids is 2. The maximum atomic E-state index is 13.3. The number of imidazole rings is 1. The maximum Gasteiger partial charge on any atom is 0.353 e.